The van der Waals surface area contributed by atoms with Crippen LogP contribution in [-0.2, 0) is 7.05 Å². The maximum absolute atomic E-state index is 2.38. The Morgan fingerprint density at radius 1 is 0.400 bits per heavy atom. The van der Waals surface area contributed by atoms with Gasteiger partial charge in [0.2, 0.25) is 0 Å². The fourth-order valence-electron chi connectivity index (χ4n) is 5.73. The van der Waals surface area contributed by atoms with Crippen molar-refractivity contribution in [3.63, 3.8) is 0 Å². The molecule has 7 rings (SSSR count). The van der Waals surface area contributed by atoms with Gasteiger partial charge in [-0.25, -0.2) is 0 Å². The minimum Gasteiger partial charge on any atom is -0.343 e. The molecule has 0 fully saturated rings. The summed E-state index contributed by atoms with van der Waals surface area (Å²) in [6.45, 7) is 0. The van der Waals surface area contributed by atoms with Crippen LogP contribution in [0.25, 0.3) is 21.8 Å². The SMILES string of the molecule is Cn1c2ccccc2c2c(N(c3ccccc3)c3ccccc3)cc(N(c3ccccc3)c3ccccc3)cc21. The molecule has 0 N–H and O–H groups in total. The highest BCUT2D eigenvalue weighted by atomic mass is 15.2. The Balaban J connectivity index is 1.60. The number of hydrogen-bond donors (Lipinski definition) is 0. The van der Waals surface area contributed by atoms with Gasteiger partial charge in [-0.15, -0.1) is 0 Å². The quantitative estimate of drug-likeness (QED) is 0.218. The van der Waals surface area contributed by atoms with Crippen molar-refractivity contribution in [3.8, 4) is 0 Å². The standard InChI is InChI=1S/C37H29N3/c1-38-34-25-15-14-24-33(34)37-35(38)26-32(39(28-16-6-2-7-17-28)29-18-8-3-9-19-29)27-36(37)40(30-20-10-4-11-21-30)31-22-12-5-13-23-31/h2-27H,1H3. The van der Waals surface area contributed by atoms with E-state index < -0.39 is 0 Å². The Labute approximate surface area is 234 Å². The van der Waals surface area contributed by atoms with Gasteiger partial charge >= 0.3 is 0 Å². The summed E-state index contributed by atoms with van der Waals surface area (Å²) in [6, 6.07) is 55.9. The van der Waals surface area contributed by atoms with Crippen molar-refractivity contribution >= 4 is 55.9 Å². The summed E-state index contributed by atoms with van der Waals surface area (Å²) in [7, 11) is 2.17. The zero-order valence-corrected chi connectivity index (χ0v) is 22.4. The summed E-state index contributed by atoms with van der Waals surface area (Å²) in [5.74, 6) is 0. The molecule has 0 unspecified atom stereocenters. The molecular formula is C37H29N3. The molecule has 192 valence electrons. The normalized spacial score (nSPS) is 11.1. The monoisotopic (exact) mass is 515 g/mol. The second-order valence-corrected chi connectivity index (χ2v) is 9.95. The fourth-order valence-corrected chi connectivity index (χ4v) is 5.73. The number of rotatable bonds is 6. The van der Waals surface area contributed by atoms with E-state index in [4.69, 9.17) is 0 Å². The third-order valence-corrected chi connectivity index (χ3v) is 7.53. The maximum atomic E-state index is 2.38. The van der Waals surface area contributed by atoms with Gasteiger partial charge in [0, 0.05) is 46.1 Å². The van der Waals surface area contributed by atoms with Crippen molar-refractivity contribution in [2.75, 3.05) is 9.80 Å². The molecule has 0 aliphatic rings. The van der Waals surface area contributed by atoms with Crippen LogP contribution in [0.5, 0.6) is 0 Å². The molecule has 3 nitrogen and oxygen atoms in total. The van der Waals surface area contributed by atoms with Gasteiger partial charge < -0.3 is 14.4 Å². The van der Waals surface area contributed by atoms with E-state index in [-0.39, 0.29) is 0 Å². The van der Waals surface area contributed by atoms with Gasteiger partial charge in [-0.3, -0.25) is 0 Å². The molecule has 1 aromatic heterocycles. The van der Waals surface area contributed by atoms with E-state index in [0.717, 1.165) is 34.1 Å². The lowest BCUT2D eigenvalue weighted by molar-refractivity contribution is 1.01. The highest BCUT2D eigenvalue weighted by molar-refractivity contribution is 6.17. The number of para-hydroxylation sites is 5. The molecule has 40 heavy (non-hydrogen) atoms. The van der Waals surface area contributed by atoms with E-state index in [2.05, 4.69) is 179 Å². The van der Waals surface area contributed by atoms with E-state index in [1.54, 1.807) is 0 Å². The number of nitrogens with zero attached hydrogens (tertiary/aromatic N) is 3. The third kappa shape index (κ3) is 4.09. The molecule has 3 heteroatoms. The molecule has 1 heterocycles. The van der Waals surface area contributed by atoms with Gasteiger partial charge in [-0.2, -0.15) is 0 Å². The molecule has 0 aliphatic carbocycles. The largest absolute Gasteiger partial charge is 0.343 e. The van der Waals surface area contributed by atoms with E-state index in [9.17, 15) is 0 Å². The number of anilines is 6. The van der Waals surface area contributed by atoms with E-state index in [1.807, 2.05) is 0 Å². The van der Waals surface area contributed by atoms with Crippen LogP contribution in [0, 0.1) is 0 Å². The predicted octanol–water partition coefficient (Wildman–Crippen LogP) is 10.3. The van der Waals surface area contributed by atoms with Crippen LogP contribution < -0.4 is 9.80 Å². The summed E-state index contributed by atoms with van der Waals surface area (Å²) in [5.41, 5.74) is 9.09. The van der Waals surface area contributed by atoms with E-state index in [1.165, 1.54) is 21.8 Å². The summed E-state index contributed by atoms with van der Waals surface area (Å²) in [6.07, 6.45) is 0. The van der Waals surface area contributed by atoms with Crippen LogP contribution in [0.15, 0.2) is 158 Å². The third-order valence-electron chi connectivity index (χ3n) is 7.53. The van der Waals surface area contributed by atoms with Crippen LogP contribution in [0.3, 0.4) is 0 Å². The van der Waals surface area contributed by atoms with Crippen molar-refractivity contribution in [2.24, 2.45) is 7.05 Å². The number of benzene rings is 6. The Morgan fingerprint density at radius 2 is 0.825 bits per heavy atom. The molecular weight excluding hydrogens is 486 g/mol. The number of hydrogen-bond acceptors (Lipinski definition) is 2. The lowest BCUT2D eigenvalue weighted by Crippen LogP contribution is -2.13. The first-order valence-corrected chi connectivity index (χ1v) is 13.6. The maximum Gasteiger partial charge on any atom is 0.0582 e. The molecule has 0 bridgehead atoms. The van der Waals surface area contributed by atoms with Crippen LogP contribution in [0.4, 0.5) is 34.1 Å². The van der Waals surface area contributed by atoms with E-state index in [0.29, 0.717) is 0 Å². The number of aromatic nitrogens is 1. The molecule has 0 aliphatic heterocycles. The first kappa shape index (κ1) is 23.8. The summed E-state index contributed by atoms with van der Waals surface area (Å²) in [5, 5.41) is 2.47. The zero-order valence-electron chi connectivity index (χ0n) is 22.4. The van der Waals surface area contributed by atoms with Gasteiger partial charge in [0.25, 0.3) is 0 Å². The summed E-state index contributed by atoms with van der Waals surface area (Å²) >= 11 is 0. The molecule has 0 spiro atoms. The van der Waals surface area contributed by atoms with Gasteiger partial charge in [-0.05, 0) is 66.7 Å². The van der Waals surface area contributed by atoms with Crippen LogP contribution in [-0.4, -0.2) is 4.57 Å². The Morgan fingerprint density at radius 3 is 1.32 bits per heavy atom. The zero-order chi connectivity index (χ0) is 26.9. The molecule has 0 amide bonds. The van der Waals surface area contributed by atoms with Gasteiger partial charge in [-0.1, -0.05) is 91.0 Å². The van der Waals surface area contributed by atoms with Crippen molar-refractivity contribution in [2.45, 2.75) is 0 Å². The molecule has 6 aromatic carbocycles. The fraction of sp³-hybridized carbons (Fsp3) is 0.0270. The lowest BCUT2D eigenvalue weighted by Gasteiger charge is -2.30. The average Bonchev–Trinajstić information content (AvgIpc) is 3.31. The average molecular weight is 516 g/mol. The smallest absolute Gasteiger partial charge is 0.0582 e. The van der Waals surface area contributed by atoms with Gasteiger partial charge in [0.15, 0.2) is 0 Å². The Bertz CT molecular complexity index is 1810. The van der Waals surface area contributed by atoms with Gasteiger partial charge in [0.1, 0.15) is 0 Å². The minimum absolute atomic E-state index is 1.10. The first-order valence-electron chi connectivity index (χ1n) is 13.6. The second-order valence-electron chi connectivity index (χ2n) is 9.95. The Kier molecular flexibility index (Phi) is 6.02. The number of aryl methyl sites for hydroxylation is 1. The topological polar surface area (TPSA) is 11.4 Å². The molecule has 0 saturated carbocycles. The Hall–Kier alpha value is -5.28. The minimum atomic E-state index is 1.10. The molecule has 0 radical (unpaired) electrons. The van der Waals surface area contributed by atoms with E-state index >= 15 is 0 Å². The lowest BCUT2D eigenvalue weighted by atomic mass is 10.1. The number of fused-ring (bicyclic) bond motifs is 3. The summed E-state index contributed by atoms with van der Waals surface area (Å²) in [4.78, 5) is 4.72. The first-order chi connectivity index (χ1) is 19.8. The van der Waals surface area contributed by atoms with Gasteiger partial charge in [0.05, 0.1) is 16.9 Å². The van der Waals surface area contributed by atoms with Crippen molar-refractivity contribution in [1.82, 2.24) is 4.57 Å². The van der Waals surface area contributed by atoms with Crippen LogP contribution in [0.1, 0.15) is 0 Å². The summed E-state index contributed by atoms with van der Waals surface area (Å²) < 4.78 is 2.32. The predicted molar refractivity (Wildman–Crippen MR) is 170 cm³/mol. The highest BCUT2D eigenvalue weighted by Crippen LogP contribution is 2.46. The molecule has 7 aromatic rings. The van der Waals surface area contributed by atoms with Crippen LogP contribution in [0.2, 0.25) is 0 Å². The van der Waals surface area contributed by atoms with Crippen LogP contribution >= 0.6 is 0 Å². The molecule has 0 saturated heterocycles. The highest BCUT2D eigenvalue weighted by Gasteiger charge is 2.23. The van der Waals surface area contributed by atoms with Crippen molar-refractivity contribution < 1.29 is 0 Å². The van der Waals surface area contributed by atoms with Crippen molar-refractivity contribution in [3.05, 3.63) is 158 Å². The second kappa shape index (κ2) is 10.1. The van der Waals surface area contributed by atoms with Crippen molar-refractivity contribution in [1.29, 1.82) is 0 Å². The molecule has 0 atom stereocenters.